The summed E-state index contributed by atoms with van der Waals surface area (Å²) in [5.74, 6) is -0.828. The summed E-state index contributed by atoms with van der Waals surface area (Å²) in [7, 11) is 0. The number of carbonyl (C=O) groups excluding carboxylic acids is 1. The van der Waals surface area contributed by atoms with Crippen LogP contribution in [0.15, 0.2) is 0 Å². The van der Waals surface area contributed by atoms with E-state index in [4.69, 9.17) is 19.2 Å². The van der Waals surface area contributed by atoms with Gasteiger partial charge in [-0.25, -0.2) is 9.78 Å². The second kappa shape index (κ2) is 5.52. The first-order valence-corrected chi connectivity index (χ1v) is 8.28. The van der Waals surface area contributed by atoms with Crippen LogP contribution in [0.1, 0.15) is 59.3 Å². The largest absolute Gasteiger partial charge is 0.456 e. The molecule has 3 rings (SSSR count). The summed E-state index contributed by atoms with van der Waals surface area (Å²) in [6, 6.07) is 0. The molecule has 2 aliphatic heterocycles. The van der Waals surface area contributed by atoms with E-state index < -0.39 is 11.4 Å². The maximum atomic E-state index is 12.1. The zero-order chi connectivity index (χ0) is 15.1. The topological polar surface area (TPSA) is 54.0 Å². The first-order valence-electron chi connectivity index (χ1n) is 8.28. The lowest BCUT2D eigenvalue weighted by Crippen LogP contribution is -2.61. The predicted molar refractivity (Wildman–Crippen MR) is 75.2 cm³/mol. The third-order valence-corrected chi connectivity index (χ3v) is 5.66. The molecule has 0 amide bonds. The Labute approximate surface area is 126 Å². The molecular weight excluding hydrogens is 272 g/mol. The molecule has 0 bridgehead atoms. The normalized spacial score (nSPS) is 42.4. The number of hydrogen-bond acceptors (Lipinski definition) is 5. The van der Waals surface area contributed by atoms with Crippen LogP contribution in [0.25, 0.3) is 0 Å². The summed E-state index contributed by atoms with van der Waals surface area (Å²) in [5.41, 5.74) is -0.530. The first kappa shape index (κ1) is 15.3. The van der Waals surface area contributed by atoms with Crippen molar-refractivity contribution in [1.29, 1.82) is 0 Å². The zero-order valence-corrected chi connectivity index (χ0v) is 13.2. The minimum atomic E-state index is -0.719. The van der Waals surface area contributed by atoms with Crippen LogP contribution in [-0.2, 0) is 24.0 Å². The number of rotatable bonds is 2. The zero-order valence-electron chi connectivity index (χ0n) is 13.2. The molecule has 3 aliphatic rings. The highest BCUT2D eigenvalue weighted by Gasteiger charge is 2.60. The molecule has 0 radical (unpaired) electrons. The third kappa shape index (κ3) is 2.30. The Hall–Kier alpha value is -0.650. The van der Waals surface area contributed by atoms with Crippen LogP contribution in [0.5, 0.6) is 0 Å². The molecule has 5 nitrogen and oxygen atoms in total. The number of carbonyl (C=O) groups is 1. The van der Waals surface area contributed by atoms with Crippen LogP contribution in [0.4, 0.5) is 0 Å². The van der Waals surface area contributed by atoms with Gasteiger partial charge in [0.2, 0.25) is 5.79 Å². The van der Waals surface area contributed by atoms with Gasteiger partial charge in [0.05, 0.1) is 12.5 Å². The molecule has 0 aromatic rings. The Morgan fingerprint density at radius 1 is 1.19 bits per heavy atom. The quantitative estimate of drug-likeness (QED) is 0.579. The Kier molecular flexibility index (Phi) is 4.01. The average molecular weight is 298 g/mol. The van der Waals surface area contributed by atoms with Crippen molar-refractivity contribution in [3.8, 4) is 0 Å². The van der Waals surface area contributed by atoms with Gasteiger partial charge in [0.1, 0.15) is 5.60 Å². The predicted octanol–water partition coefficient (Wildman–Crippen LogP) is 2.97. The molecule has 0 aromatic carbocycles. The fourth-order valence-corrected chi connectivity index (χ4v) is 4.09. The summed E-state index contributed by atoms with van der Waals surface area (Å²) < 4.78 is 11.6. The lowest BCUT2D eigenvalue weighted by molar-refractivity contribution is -0.466. The number of hydrogen-bond donors (Lipinski definition) is 0. The van der Waals surface area contributed by atoms with Crippen molar-refractivity contribution < 1.29 is 24.0 Å². The molecule has 1 aliphatic carbocycles. The summed E-state index contributed by atoms with van der Waals surface area (Å²) >= 11 is 0. The molecule has 120 valence electrons. The third-order valence-electron chi connectivity index (χ3n) is 5.66. The Balaban J connectivity index is 1.92. The molecule has 1 spiro atoms. The van der Waals surface area contributed by atoms with Crippen LogP contribution in [0.3, 0.4) is 0 Å². The van der Waals surface area contributed by atoms with Gasteiger partial charge in [0.25, 0.3) is 0 Å². The molecule has 21 heavy (non-hydrogen) atoms. The average Bonchev–Trinajstić information content (AvgIpc) is 2.67. The molecule has 3 fully saturated rings. The van der Waals surface area contributed by atoms with E-state index in [0.717, 1.165) is 25.7 Å². The maximum Gasteiger partial charge on any atom is 0.309 e. The van der Waals surface area contributed by atoms with E-state index in [0.29, 0.717) is 19.4 Å². The highest BCUT2D eigenvalue weighted by Crippen LogP contribution is 2.50. The van der Waals surface area contributed by atoms with E-state index in [1.807, 2.05) is 20.8 Å². The lowest BCUT2D eigenvalue weighted by Gasteiger charge is -2.50. The second-order valence-corrected chi connectivity index (χ2v) is 6.62. The van der Waals surface area contributed by atoms with Gasteiger partial charge in [-0.05, 0) is 12.8 Å². The molecule has 4 unspecified atom stereocenters. The van der Waals surface area contributed by atoms with Gasteiger partial charge in [-0.3, -0.25) is 4.79 Å². The van der Waals surface area contributed by atoms with Gasteiger partial charge < -0.3 is 9.47 Å². The second-order valence-electron chi connectivity index (χ2n) is 6.62. The van der Waals surface area contributed by atoms with Crippen molar-refractivity contribution in [2.75, 3.05) is 6.61 Å². The molecule has 5 heteroatoms. The molecule has 1 saturated carbocycles. The highest BCUT2D eigenvalue weighted by atomic mass is 17.2. The van der Waals surface area contributed by atoms with E-state index in [1.165, 1.54) is 0 Å². The standard InChI is InChI=1S/C16H26O5/c1-4-15(5-2)18-10-13-16(21-20-15)9-7-6-8-12(16)11(3)14(17)19-13/h11-13H,4-10H2,1-3H3. The fourth-order valence-electron chi connectivity index (χ4n) is 4.09. The smallest absolute Gasteiger partial charge is 0.309 e. The van der Waals surface area contributed by atoms with Crippen molar-refractivity contribution in [3.05, 3.63) is 0 Å². The van der Waals surface area contributed by atoms with Crippen LogP contribution >= 0.6 is 0 Å². The van der Waals surface area contributed by atoms with Gasteiger partial charge >= 0.3 is 5.97 Å². The monoisotopic (exact) mass is 298 g/mol. The fraction of sp³-hybridized carbons (Fsp3) is 0.938. The summed E-state index contributed by atoms with van der Waals surface area (Å²) in [5, 5.41) is 0. The van der Waals surface area contributed by atoms with E-state index >= 15 is 0 Å². The van der Waals surface area contributed by atoms with Gasteiger partial charge in [-0.15, -0.1) is 0 Å². The molecule has 2 heterocycles. The molecule has 0 N–H and O–H groups in total. The van der Waals surface area contributed by atoms with Crippen molar-refractivity contribution in [2.45, 2.75) is 76.8 Å². The van der Waals surface area contributed by atoms with E-state index in [-0.39, 0.29) is 23.9 Å². The van der Waals surface area contributed by atoms with Gasteiger partial charge in [-0.1, -0.05) is 33.6 Å². The van der Waals surface area contributed by atoms with Crippen molar-refractivity contribution in [1.82, 2.24) is 0 Å². The van der Waals surface area contributed by atoms with E-state index in [9.17, 15) is 4.79 Å². The number of ether oxygens (including phenoxy) is 2. The Morgan fingerprint density at radius 3 is 2.67 bits per heavy atom. The van der Waals surface area contributed by atoms with Crippen LogP contribution in [0.2, 0.25) is 0 Å². The maximum absolute atomic E-state index is 12.1. The Bertz CT molecular complexity index is 405. The SMILES string of the molecule is CCC1(CC)OCC2OC(=O)C(C)C3CCCCC23OO1. The van der Waals surface area contributed by atoms with Crippen molar-refractivity contribution in [3.63, 3.8) is 0 Å². The van der Waals surface area contributed by atoms with E-state index in [1.54, 1.807) is 0 Å². The first-order chi connectivity index (χ1) is 10.1. The molecule has 4 atom stereocenters. The van der Waals surface area contributed by atoms with E-state index in [2.05, 4.69) is 0 Å². The van der Waals surface area contributed by atoms with Gasteiger partial charge in [-0.2, -0.15) is 0 Å². The Morgan fingerprint density at radius 2 is 1.95 bits per heavy atom. The van der Waals surface area contributed by atoms with Gasteiger partial charge in [0, 0.05) is 18.8 Å². The van der Waals surface area contributed by atoms with Crippen molar-refractivity contribution >= 4 is 5.97 Å². The highest BCUT2D eigenvalue weighted by molar-refractivity contribution is 5.74. The molecule has 0 aromatic heterocycles. The lowest BCUT2D eigenvalue weighted by atomic mass is 9.65. The van der Waals surface area contributed by atoms with Crippen molar-refractivity contribution in [2.24, 2.45) is 11.8 Å². The molecule has 2 saturated heterocycles. The minimum Gasteiger partial charge on any atom is -0.456 e. The van der Waals surface area contributed by atoms with Crippen LogP contribution in [-0.4, -0.2) is 30.1 Å². The van der Waals surface area contributed by atoms with Crippen LogP contribution in [0, 0.1) is 11.8 Å². The number of esters is 1. The summed E-state index contributed by atoms with van der Waals surface area (Å²) in [6.07, 6.45) is 5.13. The summed E-state index contributed by atoms with van der Waals surface area (Å²) in [6.45, 7) is 6.34. The van der Waals surface area contributed by atoms with Gasteiger partial charge in [0.15, 0.2) is 6.10 Å². The van der Waals surface area contributed by atoms with Crippen LogP contribution < -0.4 is 0 Å². The minimum absolute atomic E-state index is 0.129. The molecular formula is C16H26O5. The summed E-state index contributed by atoms with van der Waals surface area (Å²) in [4.78, 5) is 23.9.